The number of hydrogen-bond acceptors (Lipinski definition) is 4. The molecule has 162 valence electrons. The molecule has 1 amide bonds. The standard InChI is InChI=1S/C22H20ClFN2O3S2/c23-20-7-4-8-21(24)19(20)15-30-14-13-25-22(27)16-9-11-17(12-10-16)26-31(28,29)18-5-2-1-3-6-18/h1-12,26H,13-15H2,(H,25,27). The van der Waals surface area contributed by atoms with Crippen LogP contribution in [0.3, 0.4) is 0 Å². The maximum Gasteiger partial charge on any atom is 0.261 e. The molecule has 31 heavy (non-hydrogen) atoms. The zero-order valence-corrected chi connectivity index (χ0v) is 18.7. The van der Waals surface area contributed by atoms with Crippen LogP contribution >= 0.6 is 23.4 Å². The van der Waals surface area contributed by atoms with E-state index >= 15 is 0 Å². The van der Waals surface area contributed by atoms with Crippen molar-refractivity contribution in [3.05, 3.63) is 94.8 Å². The van der Waals surface area contributed by atoms with E-state index < -0.39 is 10.0 Å². The second-order valence-corrected chi connectivity index (χ2v) is 9.70. The van der Waals surface area contributed by atoms with Crippen molar-refractivity contribution in [2.45, 2.75) is 10.6 Å². The van der Waals surface area contributed by atoms with Gasteiger partial charge in [0.1, 0.15) is 5.82 Å². The lowest BCUT2D eigenvalue weighted by Gasteiger charge is -2.09. The number of carbonyl (C=O) groups is 1. The Morgan fingerprint density at radius 1 is 0.968 bits per heavy atom. The Labute approximate surface area is 190 Å². The third kappa shape index (κ3) is 6.46. The van der Waals surface area contributed by atoms with Gasteiger partial charge in [0.05, 0.1) is 4.90 Å². The lowest BCUT2D eigenvalue weighted by Crippen LogP contribution is -2.25. The Kier molecular flexibility index (Phi) is 7.95. The fourth-order valence-electron chi connectivity index (χ4n) is 2.69. The van der Waals surface area contributed by atoms with Gasteiger partial charge in [-0.25, -0.2) is 12.8 Å². The molecule has 0 spiro atoms. The van der Waals surface area contributed by atoms with Gasteiger partial charge in [0.15, 0.2) is 0 Å². The smallest absolute Gasteiger partial charge is 0.261 e. The molecule has 0 aliphatic heterocycles. The predicted octanol–water partition coefficient (Wildman–Crippen LogP) is 4.94. The number of hydrogen-bond donors (Lipinski definition) is 2. The summed E-state index contributed by atoms with van der Waals surface area (Å²) in [5, 5.41) is 3.17. The highest BCUT2D eigenvalue weighted by Crippen LogP contribution is 2.23. The Hall–Kier alpha value is -2.55. The molecular weight excluding hydrogens is 459 g/mol. The molecule has 0 aliphatic rings. The van der Waals surface area contributed by atoms with Gasteiger partial charge in [-0.3, -0.25) is 9.52 Å². The van der Waals surface area contributed by atoms with Crippen molar-refractivity contribution in [1.82, 2.24) is 5.32 Å². The van der Waals surface area contributed by atoms with Crippen LogP contribution in [0.1, 0.15) is 15.9 Å². The normalized spacial score (nSPS) is 11.2. The van der Waals surface area contributed by atoms with Crippen LogP contribution in [0.4, 0.5) is 10.1 Å². The lowest BCUT2D eigenvalue weighted by molar-refractivity contribution is 0.0956. The summed E-state index contributed by atoms with van der Waals surface area (Å²) in [6, 6.07) is 18.8. The van der Waals surface area contributed by atoms with Crippen LogP contribution in [0.5, 0.6) is 0 Å². The number of nitrogens with one attached hydrogen (secondary N) is 2. The summed E-state index contributed by atoms with van der Waals surface area (Å²) in [5.74, 6) is 0.386. The molecule has 0 aromatic heterocycles. The van der Waals surface area contributed by atoms with Crippen LogP contribution in [0.15, 0.2) is 77.7 Å². The summed E-state index contributed by atoms with van der Waals surface area (Å²) in [6.45, 7) is 0.401. The van der Waals surface area contributed by atoms with Gasteiger partial charge in [-0.2, -0.15) is 11.8 Å². The zero-order valence-electron chi connectivity index (χ0n) is 16.3. The van der Waals surface area contributed by atoms with Crippen molar-refractivity contribution < 1.29 is 17.6 Å². The number of thioether (sulfide) groups is 1. The summed E-state index contributed by atoms with van der Waals surface area (Å²) in [6.07, 6.45) is 0. The monoisotopic (exact) mass is 478 g/mol. The highest BCUT2D eigenvalue weighted by Gasteiger charge is 2.14. The molecule has 0 aliphatic carbocycles. The molecule has 9 heteroatoms. The molecule has 0 heterocycles. The first-order valence-corrected chi connectivity index (χ1v) is 12.4. The fourth-order valence-corrected chi connectivity index (χ4v) is 4.96. The number of halogens is 2. The van der Waals surface area contributed by atoms with E-state index in [1.54, 1.807) is 42.5 Å². The van der Waals surface area contributed by atoms with Crippen molar-refractivity contribution in [3.8, 4) is 0 Å². The van der Waals surface area contributed by atoms with Gasteiger partial charge < -0.3 is 5.32 Å². The van der Waals surface area contributed by atoms with E-state index in [9.17, 15) is 17.6 Å². The van der Waals surface area contributed by atoms with Gasteiger partial charge >= 0.3 is 0 Å². The molecule has 0 fully saturated rings. The van der Waals surface area contributed by atoms with E-state index in [-0.39, 0.29) is 16.6 Å². The third-order valence-electron chi connectivity index (χ3n) is 4.29. The number of amides is 1. The number of sulfonamides is 1. The SMILES string of the molecule is O=C(NCCSCc1c(F)cccc1Cl)c1ccc(NS(=O)(=O)c2ccccc2)cc1. The summed E-state index contributed by atoms with van der Waals surface area (Å²) in [7, 11) is -3.69. The maximum atomic E-state index is 13.7. The molecule has 3 aromatic rings. The van der Waals surface area contributed by atoms with Crippen molar-refractivity contribution in [2.24, 2.45) is 0 Å². The molecule has 2 N–H and O–H groups in total. The van der Waals surface area contributed by atoms with E-state index in [0.717, 1.165) is 0 Å². The minimum absolute atomic E-state index is 0.158. The zero-order chi connectivity index (χ0) is 22.3. The van der Waals surface area contributed by atoms with E-state index in [1.807, 2.05) is 0 Å². The van der Waals surface area contributed by atoms with E-state index in [4.69, 9.17) is 11.6 Å². The van der Waals surface area contributed by atoms with Crippen LogP contribution < -0.4 is 10.0 Å². The minimum atomic E-state index is -3.69. The van der Waals surface area contributed by atoms with E-state index in [2.05, 4.69) is 10.0 Å². The molecule has 3 aromatic carbocycles. The Balaban J connectivity index is 1.47. The average molecular weight is 479 g/mol. The summed E-state index contributed by atoms with van der Waals surface area (Å²) in [4.78, 5) is 12.4. The van der Waals surface area contributed by atoms with Gasteiger partial charge in [0, 0.05) is 39.9 Å². The van der Waals surface area contributed by atoms with Crippen LogP contribution in [-0.2, 0) is 15.8 Å². The van der Waals surface area contributed by atoms with Crippen LogP contribution in [0.25, 0.3) is 0 Å². The van der Waals surface area contributed by atoms with Gasteiger partial charge in [-0.05, 0) is 48.5 Å². The second kappa shape index (κ2) is 10.7. The van der Waals surface area contributed by atoms with Gasteiger partial charge in [-0.1, -0.05) is 35.9 Å². The summed E-state index contributed by atoms with van der Waals surface area (Å²) >= 11 is 7.46. The third-order valence-corrected chi connectivity index (χ3v) is 7.03. The highest BCUT2D eigenvalue weighted by molar-refractivity contribution is 7.98. The Morgan fingerprint density at radius 3 is 2.35 bits per heavy atom. The van der Waals surface area contributed by atoms with Crippen molar-refractivity contribution in [3.63, 3.8) is 0 Å². The Bertz CT molecular complexity index is 1120. The van der Waals surface area contributed by atoms with E-state index in [0.29, 0.717) is 39.9 Å². The van der Waals surface area contributed by atoms with Crippen LogP contribution in [0.2, 0.25) is 5.02 Å². The Morgan fingerprint density at radius 2 is 1.68 bits per heavy atom. The predicted molar refractivity (Wildman–Crippen MR) is 124 cm³/mol. The molecule has 3 rings (SSSR count). The molecule has 0 radical (unpaired) electrons. The number of carbonyl (C=O) groups excluding carboxylic acids is 1. The summed E-state index contributed by atoms with van der Waals surface area (Å²) < 4.78 is 40.9. The molecule has 0 unspecified atom stereocenters. The molecule has 0 bridgehead atoms. The van der Waals surface area contributed by atoms with Gasteiger partial charge in [0.25, 0.3) is 15.9 Å². The first-order valence-electron chi connectivity index (χ1n) is 9.33. The quantitative estimate of drug-likeness (QED) is 0.427. The number of rotatable bonds is 9. The highest BCUT2D eigenvalue weighted by atomic mass is 35.5. The molecule has 0 saturated heterocycles. The van der Waals surface area contributed by atoms with Crippen molar-refractivity contribution >= 4 is 45.0 Å². The fraction of sp³-hybridized carbons (Fsp3) is 0.136. The van der Waals surface area contributed by atoms with Gasteiger partial charge in [-0.15, -0.1) is 0 Å². The van der Waals surface area contributed by atoms with E-state index in [1.165, 1.54) is 42.1 Å². The number of anilines is 1. The minimum Gasteiger partial charge on any atom is -0.351 e. The largest absolute Gasteiger partial charge is 0.351 e. The maximum absolute atomic E-state index is 13.7. The lowest BCUT2D eigenvalue weighted by atomic mass is 10.2. The molecule has 0 saturated carbocycles. The number of benzene rings is 3. The first-order chi connectivity index (χ1) is 14.9. The molecular formula is C22H20ClFN2O3S2. The first kappa shape index (κ1) is 23.1. The van der Waals surface area contributed by atoms with Crippen LogP contribution in [-0.4, -0.2) is 26.6 Å². The van der Waals surface area contributed by atoms with Crippen molar-refractivity contribution in [2.75, 3.05) is 17.0 Å². The van der Waals surface area contributed by atoms with Gasteiger partial charge in [0.2, 0.25) is 0 Å². The topological polar surface area (TPSA) is 75.3 Å². The molecule has 0 atom stereocenters. The second-order valence-electron chi connectivity index (χ2n) is 6.50. The van der Waals surface area contributed by atoms with Crippen molar-refractivity contribution in [1.29, 1.82) is 0 Å². The average Bonchev–Trinajstić information content (AvgIpc) is 2.76. The van der Waals surface area contributed by atoms with Crippen LogP contribution in [0, 0.1) is 5.82 Å². The molecule has 5 nitrogen and oxygen atoms in total. The summed E-state index contributed by atoms with van der Waals surface area (Å²) in [5.41, 5.74) is 1.22.